The summed E-state index contributed by atoms with van der Waals surface area (Å²) in [7, 11) is -1.64. The molecule has 1 aromatic heterocycles. The third-order valence-electron chi connectivity index (χ3n) is 4.28. The van der Waals surface area contributed by atoms with E-state index in [0.717, 1.165) is 11.1 Å². The van der Waals surface area contributed by atoms with Gasteiger partial charge in [0.15, 0.2) is 11.0 Å². The van der Waals surface area contributed by atoms with Crippen molar-refractivity contribution in [3.05, 3.63) is 99.2 Å². The second kappa shape index (κ2) is 8.44. The first-order valence-corrected chi connectivity index (χ1v) is 10.4. The first-order chi connectivity index (χ1) is 14.1. The highest BCUT2D eigenvalue weighted by molar-refractivity contribution is 7.91. The lowest BCUT2D eigenvalue weighted by Crippen LogP contribution is -2.22. The lowest BCUT2D eigenvalue weighted by molar-refractivity contribution is 0.104. The van der Waals surface area contributed by atoms with Crippen LogP contribution in [0.25, 0.3) is 6.08 Å². The quantitative estimate of drug-likeness (QED) is 0.487. The number of carbonyl (C=O) groups excluding carboxylic acids is 1. The molecule has 0 bridgehead atoms. The second-order valence-corrected chi connectivity index (χ2v) is 7.98. The molecule has 1 atom stereocenters. The van der Waals surface area contributed by atoms with Gasteiger partial charge in [0.2, 0.25) is 5.78 Å². The molecule has 0 fully saturated rings. The summed E-state index contributed by atoms with van der Waals surface area (Å²) in [4.78, 5) is 17.2. The number of carbonyl (C=O) groups is 1. The smallest absolute Gasteiger partial charge is 0.205 e. The summed E-state index contributed by atoms with van der Waals surface area (Å²) in [5.74, 6) is 5.89. The van der Waals surface area contributed by atoms with Crippen molar-refractivity contribution in [2.45, 2.75) is 6.42 Å². The number of ketones is 1. The Balaban J connectivity index is 1.62. The maximum absolute atomic E-state index is 13.0. The average Bonchev–Trinajstić information content (AvgIpc) is 2.72. The molecule has 1 N–H and O–H groups in total. The molecule has 0 amide bonds. The zero-order valence-electron chi connectivity index (χ0n) is 15.2. The van der Waals surface area contributed by atoms with Crippen molar-refractivity contribution in [3.63, 3.8) is 0 Å². The fraction of sp³-hybridized carbons (Fsp3) is 0.0435. The van der Waals surface area contributed by atoms with Crippen LogP contribution in [0.3, 0.4) is 0 Å². The van der Waals surface area contributed by atoms with E-state index in [2.05, 4.69) is 21.5 Å². The number of allylic oxidation sites excluding steroid dienone is 1. The number of nitrogens with zero attached hydrogens (tertiary/aromatic N) is 1. The Hall–Kier alpha value is -3.20. The number of halogens is 1. The van der Waals surface area contributed by atoms with Crippen molar-refractivity contribution in [2.75, 3.05) is 4.72 Å². The van der Waals surface area contributed by atoms with Gasteiger partial charge in [-0.1, -0.05) is 41.6 Å². The van der Waals surface area contributed by atoms with E-state index in [1.807, 2.05) is 12.1 Å². The van der Waals surface area contributed by atoms with Crippen molar-refractivity contribution in [1.29, 1.82) is 0 Å². The predicted octanol–water partition coefficient (Wildman–Crippen LogP) is 4.64. The predicted molar refractivity (Wildman–Crippen MR) is 117 cm³/mol. The molecule has 0 aliphatic carbocycles. The molecule has 4 nitrogen and oxygen atoms in total. The summed E-state index contributed by atoms with van der Waals surface area (Å²) in [6.45, 7) is 0. The number of aromatic nitrogens is 1. The number of hydrogen-bond donors (Lipinski definition) is 1. The van der Waals surface area contributed by atoms with Crippen LogP contribution in [0, 0.1) is 11.8 Å². The van der Waals surface area contributed by atoms with E-state index in [0.29, 0.717) is 28.3 Å². The summed E-state index contributed by atoms with van der Waals surface area (Å²) in [5.41, 5.74) is 3.45. The van der Waals surface area contributed by atoms with E-state index in [9.17, 15) is 9.00 Å². The minimum atomic E-state index is -1.64. The van der Waals surface area contributed by atoms with E-state index >= 15 is 0 Å². The number of nitrogens with one attached hydrogen (secondary N) is 1. The molecule has 6 heteroatoms. The van der Waals surface area contributed by atoms with Crippen LogP contribution in [0.4, 0.5) is 5.69 Å². The topological polar surface area (TPSA) is 59.1 Å². The number of pyridine rings is 1. The SMILES string of the molecule is O=C1/C(=C/c2cccc(Cl)c2)S(=O)Nc2ccc(C#CCc3cccnc3)cc21. The van der Waals surface area contributed by atoms with Crippen LogP contribution in [0.15, 0.2) is 71.9 Å². The maximum atomic E-state index is 13.0. The highest BCUT2D eigenvalue weighted by Gasteiger charge is 2.27. The van der Waals surface area contributed by atoms with Gasteiger partial charge >= 0.3 is 0 Å². The molecular weight excluding hydrogens is 404 g/mol. The van der Waals surface area contributed by atoms with Crippen molar-refractivity contribution in [1.82, 2.24) is 4.98 Å². The first kappa shape index (κ1) is 19.1. The van der Waals surface area contributed by atoms with Crippen molar-refractivity contribution in [2.24, 2.45) is 0 Å². The zero-order chi connectivity index (χ0) is 20.2. The Morgan fingerprint density at radius 2 is 2.03 bits per heavy atom. The molecule has 0 spiro atoms. The van der Waals surface area contributed by atoms with Gasteiger partial charge in [-0.2, -0.15) is 0 Å². The summed E-state index contributed by atoms with van der Waals surface area (Å²) >= 11 is 6.01. The largest absolute Gasteiger partial charge is 0.300 e. The molecular formula is C23H15ClN2O2S. The normalized spacial score (nSPS) is 16.5. The lowest BCUT2D eigenvalue weighted by atomic mass is 10.0. The Morgan fingerprint density at radius 1 is 1.14 bits per heavy atom. The Bertz CT molecular complexity index is 1210. The number of anilines is 1. The molecule has 2 aromatic carbocycles. The van der Waals surface area contributed by atoms with Crippen LogP contribution in [-0.4, -0.2) is 15.0 Å². The zero-order valence-corrected chi connectivity index (χ0v) is 16.8. The van der Waals surface area contributed by atoms with Crippen molar-refractivity contribution >= 4 is 40.1 Å². The third-order valence-corrected chi connectivity index (χ3v) is 5.63. The lowest BCUT2D eigenvalue weighted by Gasteiger charge is -2.19. The van der Waals surface area contributed by atoms with Gasteiger partial charge in [0.05, 0.1) is 5.69 Å². The highest BCUT2D eigenvalue weighted by atomic mass is 35.5. The van der Waals surface area contributed by atoms with Gasteiger partial charge in [0.1, 0.15) is 4.91 Å². The van der Waals surface area contributed by atoms with E-state index in [1.165, 1.54) is 0 Å². The Labute approximate surface area is 176 Å². The van der Waals surface area contributed by atoms with Gasteiger partial charge in [-0.05, 0) is 53.6 Å². The fourth-order valence-corrected chi connectivity index (χ4v) is 4.10. The molecule has 1 aliphatic rings. The van der Waals surface area contributed by atoms with Gasteiger partial charge in [-0.3, -0.25) is 9.78 Å². The first-order valence-electron chi connectivity index (χ1n) is 8.82. The number of fused-ring (bicyclic) bond motifs is 1. The van der Waals surface area contributed by atoms with Crippen LogP contribution in [0.5, 0.6) is 0 Å². The van der Waals surface area contributed by atoms with Crippen LogP contribution >= 0.6 is 11.6 Å². The second-order valence-electron chi connectivity index (χ2n) is 6.36. The van der Waals surface area contributed by atoms with Gasteiger partial charge < -0.3 is 4.72 Å². The molecule has 3 aromatic rings. The fourth-order valence-electron chi connectivity index (χ4n) is 2.89. The van der Waals surface area contributed by atoms with Crippen LogP contribution in [0.1, 0.15) is 27.0 Å². The highest BCUT2D eigenvalue weighted by Crippen LogP contribution is 2.29. The number of Topliss-reactive ketones (excluding diaryl/α,β-unsaturated/α-hetero) is 1. The van der Waals surface area contributed by atoms with Crippen LogP contribution < -0.4 is 4.72 Å². The maximum Gasteiger partial charge on any atom is 0.205 e. The minimum Gasteiger partial charge on any atom is -0.300 e. The van der Waals surface area contributed by atoms with Gasteiger partial charge in [-0.15, -0.1) is 0 Å². The number of rotatable bonds is 2. The van der Waals surface area contributed by atoms with E-state index < -0.39 is 11.0 Å². The van der Waals surface area contributed by atoms with E-state index in [-0.39, 0.29) is 10.7 Å². The van der Waals surface area contributed by atoms with Gasteiger partial charge in [0.25, 0.3) is 0 Å². The molecule has 142 valence electrons. The number of benzene rings is 2. The van der Waals surface area contributed by atoms with Crippen molar-refractivity contribution in [3.8, 4) is 11.8 Å². The van der Waals surface area contributed by atoms with Gasteiger partial charge in [-0.25, -0.2) is 4.21 Å². The Morgan fingerprint density at radius 3 is 2.83 bits per heavy atom. The molecule has 1 aliphatic heterocycles. The summed E-state index contributed by atoms with van der Waals surface area (Å²) in [5, 5.41) is 0.549. The monoisotopic (exact) mass is 418 g/mol. The van der Waals surface area contributed by atoms with Crippen molar-refractivity contribution < 1.29 is 9.00 Å². The Kier molecular flexibility index (Phi) is 5.57. The van der Waals surface area contributed by atoms with E-state index in [4.69, 9.17) is 11.6 Å². The van der Waals surface area contributed by atoms with Crippen LogP contribution in [0.2, 0.25) is 5.02 Å². The standard InChI is InChI=1S/C23H15ClN2O2S/c24-19-8-2-6-18(12-19)14-22-23(27)20-13-16(9-10-21(20)26-29(22)28)4-1-5-17-7-3-11-25-15-17/h2-3,6-15,26H,5H2/b22-14-. The van der Waals surface area contributed by atoms with E-state index in [1.54, 1.807) is 60.9 Å². The summed E-state index contributed by atoms with van der Waals surface area (Å²) in [6, 6.07) is 16.1. The van der Waals surface area contributed by atoms with Crippen LogP contribution in [-0.2, 0) is 17.4 Å². The average molecular weight is 419 g/mol. The van der Waals surface area contributed by atoms with Gasteiger partial charge in [0, 0.05) is 35.0 Å². The number of hydrogen-bond acceptors (Lipinski definition) is 3. The third kappa shape index (κ3) is 4.45. The summed E-state index contributed by atoms with van der Waals surface area (Å²) < 4.78 is 15.4. The molecule has 4 rings (SSSR count). The molecule has 29 heavy (non-hydrogen) atoms. The summed E-state index contributed by atoms with van der Waals surface area (Å²) in [6.07, 6.45) is 5.66. The molecule has 0 saturated carbocycles. The molecule has 2 heterocycles. The molecule has 1 unspecified atom stereocenters. The minimum absolute atomic E-state index is 0.181. The molecule has 0 saturated heterocycles. The molecule has 0 radical (unpaired) electrons.